The number of rotatable bonds is 5. The van der Waals surface area contributed by atoms with Gasteiger partial charge in [0.1, 0.15) is 5.76 Å². The number of nitro benzene ring substituents is 1. The Balaban J connectivity index is 2.70. The van der Waals surface area contributed by atoms with Gasteiger partial charge in [-0.25, -0.2) is 9.59 Å². The summed E-state index contributed by atoms with van der Waals surface area (Å²) in [4.78, 5) is 32.5. The van der Waals surface area contributed by atoms with E-state index in [0.717, 1.165) is 12.2 Å². The van der Waals surface area contributed by atoms with Crippen molar-refractivity contribution in [2.75, 3.05) is 7.11 Å². The molecule has 0 fully saturated rings. The van der Waals surface area contributed by atoms with E-state index in [2.05, 4.69) is 4.74 Å². The van der Waals surface area contributed by atoms with Gasteiger partial charge in [-0.15, -0.1) is 0 Å². The molecule has 1 aromatic carbocycles. The number of benzene rings is 1. The first-order valence-electron chi connectivity index (χ1n) is 5.83. The minimum atomic E-state index is -0.709. The molecular formula is C14H13NO6. The second-order valence-corrected chi connectivity index (χ2v) is 3.88. The molecule has 7 nitrogen and oxygen atoms in total. The number of methoxy groups -OCH3 is 1. The van der Waals surface area contributed by atoms with Crippen LogP contribution in [0.1, 0.15) is 12.5 Å². The Kier molecular flexibility index (Phi) is 5.81. The minimum absolute atomic E-state index is 0.0766. The highest BCUT2D eigenvalue weighted by Gasteiger charge is 2.05. The highest BCUT2D eigenvalue weighted by Crippen LogP contribution is 2.14. The van der Waals surface area contributed by atoms with E-state index in [-0.39, 0.29) is 11.4 Å². The van der Waals surface area contributed by atoms with Crippen molar-refractivity contribution in [3.63, 3.8) is 0 Å². The molecule has 1 aromatic rings. The highest BCUT2D eigenvalue weighted by atomic mass is 16.6. The maximum Gasteiger partial charge on any atom is 0.335 e. The summed E-state index contributed by atoms with van der Waals surface area (Å²) in [6.07, 6.45) is 3.51. The fourth-order valence-electron chi connectivity index (χ4n) is 1.35. The van der Waals surface area contributed by atoms with Gasteiger partial charge in [0.2, 0.25) is 0 Å². The fourth-order valence-corrected chi connectivity index (χ4v) is 1.35. The maximum absolute atomic E-state index is 11.5. The van der Waals surface area contributed by atoms with Gasteiger partial charge in [-0.2, -0.15) is 0 Å². The van der Waals surface area contributed by atoms with E-state index in [9.17, 15) is 19.7 Å². The van der Waals surface area contributed by atoms with Gasteiger partial charge >= 0.3 is 11.9 Å². The molecule has 0 atom stereocenters. The lowest BCUT2D eigenvalue weighted by Crippen LogP contribution is -2.02. The summed E-state index contributed by atoms with van der Waals surface area (Å²) in [7, 11) is 1.20. The maximum atomic E-state index is 11.5. The summed E-state index contributed by atoms with van der Waals surface area (Å²) in [5.41, 5.74) is 0.406. The Hall–Kier alpha value is -2.96. The molecule has 0 amide bonds. The smallest absolute Gasteiger partial charge is 0.335 e. The minimum Gasteiger partial charge on any atom is -0.466 e. The fraction of sp³-hybridized carbons (Fsp3) is 0.143. The zero-order valence-electron chi connectivity index (χ0n) is 11.4. The third-order valence-corrected chi connectivity index (χ3v) is 2.28. The molecule has 0 N–H and O–H groups in total. The van der Waals surface area contributed by atoms with Crippen molar-refractivity contribution in [3.8, 4) is 0 Å². The second-order valence-electron chi connectivity index (χ2n) is 3.88. The molecule has 0 saturated heterocycles. The molecule has 7 heteroatoms. The second kappa shape index (κ2) is 7.59. The molecular weight excluding hydrogens is 278 g/mol. The molecule has 0 aromatic heterocycles. The lowest BCUT2D eigenvalue weighted by molar-refractivity contribution is -0.384. The third-order valence-electron chi connectivity index (χ3n) is 2.28. The van der Waals surface area contributed by atoms with Crippen molar-refractivity contribution >= 4 is 23.7 Å². The van der Waals surface area contributed by atoms with Crippen LogP contribution in [0.4, 0.5) is 5.69 Å². The zero-order valence-corrected chi connectivity index (χ0v) is 11.4. The number of ether oxygens (including phenoxy) is 2. The molecule has 0 spiro atoms. The van der Waals surface area contributed by atoms with Crippen LogP contribution in [0, 0.1) is 10.1 Å². The lowest BCUT2D eigenvalue weighted by atomic mass is 10.2. The average molecular weight is 291 g/mol. The van der Waals surface area contributed by atoms with Crippen LogP contribution in [0.5, 0.6) is 0 Å². The molecule has 110 valence electrons. The number of hydrogen-bond donors (Lipinski definition) is 0. The number of non-ortho nitro benzene ring substituents is 1. The van der Waals surface area contributed by atoms with Gasteiger partial charge in [-0.05, 0) is 18.6 Å². The molecule has 0 aliphatic rings. The van der Waals surface area contributed by atoms with E-state index < -0.39 is 16.9 Å². The zero-order chi connectivity index (χ0) is 15.8. The molecule has 21 heavy (non-hydrogen) atoms. The number of esters is 2. The van der Waals surface area contributed by atoms with Gasteiger partial charge in [0.05, 0.1) is 18.1 Å². The van der Waals surface area contributed by atoms with Crippen molar-refractivity contribution in [2.45, 2.75) is 6.92 Å². The Morgan fingerprint density at radius 3 is 2.62 bits per heavy atom. The topological polar surface area (TPSA) is 95.7 Å². The van der Waals surface area contributed by atoms with Gasteiger partial charge in [0.25, 0.3) is 5.69 Å². The average Bonchev–Trinajstić information content (AvgIpc) is 2.45. The Bertz CT molecular complexity index is 618. The summed E-state index contributed by atoms with van der Waals surface area (Å²) in [6, 6.07) is 5.78. The third kappa shape index (κ3) is 5.68. The van der Waals surface area contributed by atoms with Crippen molar-refractivity contribution in [2.24, 2.45) is 0 Å². The van der Waals surface area contributed by atoms with Crippen molar-refractivity contribution in [3.05, 3.63) is 57.9 Å². The van der Waals surface area contributed by atoms with Gasteiger partial charge in [-0.3, -0.25) is 10.1 Å². The summed E-state index contributed by atoms with van der Waals surface area (Å²) >= 11 is 0. The normalized spacial score (nSPS) is 11.2. The monoisotopic (exact) mass is 291 g/mol. The highest BCUT2D eigenvalue weighted by molar-refractivity contribution is 5.89. The van der Waals surface area contributed by atoms with Crippen molar-refractivity contribution < 1.29 is 24.0 Å². The van der Waals surface area contributed by atoms with Gasteiger partial charge < -0.3 is 9.47 Å². The molecule has 0 heterocycles. The number of allylic oxidation sites excluding steroid dienone is 1. The van der Waals surface area contributed by atoms with Crippen LogP contribution in [0.15, 0.2) is 42.2 Å². The van der Waals surface area contributed by atoms with Crippen molar-refractivity contribution in [1.29, 1.82) is 0 Å². The van der Waals surface area contributed by atoms with Crippen LogP contribution < -0.4 is 0 Å². The molecule has 0 unspecified atom stereocenters. The first kappa shape index (κ1) is 16.1. The molecule has 0 saturated carbocycles. The van der Waals surface area contributed by atoms with Crippen LogP contribution >= 0.6 is 0 Å². The Morgan fingerprint density at radius 1 is 1.29 bits per heavy atom. The predicted octanol–water partition coefficient (Wildman–Crippen LogP) is 2.23. The first-order valence-corrected chi connectivity index (χ1v) is 5.83. The largest absolute Gasteiger partial charge is 0.466 e. The summed E-state index contributed by atoms with van der Waals surface area (Å²) in [6.45, 7) is 1.43. The van der Waals surface area contributed by atoms with Crippen LogP contribution in [0.3, 0.4) is 0 Å². The van der Waals surface area contributed by atoms with E-state index in [4.69, 9.17) is 4.74 Å². The van der Waals surface area contributed by atoms with Gasteiger partial charge in [-0.1, -0.05) is 12.1 Å². The SMILES string of the molecule is COC(=O)/C=C(\C)OC(=O)/C=C/c1cccc([N+](=O)[O-])c1. The summed E-state index contributed by atoms with van der Waals surface area (Å²) in [5, 5.41) is 10.6. The van der Waals surface area contributed by atoms with E-state index in [1.165, 1.54) is 38.3 Å². The lowest BCUT2D eigenvalue weighted by Gasteiger charge is -2.00. The Labute approximate surface area is 120 Å². The number of nitrogens with zero attached hydrogens (tertiary/aromatic N) is 1. The number of nitro groups is 1. The molecule has 1 rings (SSSR count). The molecule has 0 aliphatic heterocycles. The Morgan fingerprint density at radius 2 is 2.00 bits per heavy atom. The number of hydrogen-bond acceptors (Lipinski definition) is 6. The van der Waals surface area contributed by atoms with E-state index >= 15 is 0 Å². The van der Waals surface area contributed by atoms with Crippen LogP contribution in [0.2, 0.25) is 0 Å². The summed E-state index contributed by atoms with van der Waals surface area (Å²) < 4.78 is 9.20. The molecule has 0 bridgehead atoms. The van der Waals surface area contributed by atoms with Crippen LogP contribution in [-0.4, -0.2) is 24.0 Å². The predicted molar refractivity (Wildman–Crippen MR) is 74.0 cm³/mol. The van der Waals surface area contributed by atoms with E-state index in [1.54, 1.807) is 6.07 Å². The van der Waals surface area contributed by atoms with Crippen molar-refractivity contribution in [1.82, 2.24) is 0 Å². The van der Waals surface area contributed by atoms with Gasteiger partial charge in [0.15, 0.2) is 0 Å². The summed E-state index contributed by atoms with van der Waals surface area (Å²) in [5.74, 6) is -1.27. The van der Waals surface area contributed by atoms with Crippen LogP contribution in [0.25, 0.3) is 6.08 Å². The van der Waals surface area contributed by atoms with E-state index in [0.29, 0.717) is 5.56 Å². The molecule has 0 radical (unpaired) electrons. The van der Waals surface area contributed by atoms with E-state index in [1.807, 2.05) is 0 Å². The quantitative estimate of drug-likeness (QED) is 0.271. The molecule has 0 aliphatic carbocycles. The number of carbonyl (C=O) groups excluding carboxylic acids is 2. The van der Waals surface area contributed by atoms with Crippen LogP contribution in [-0.2, 0) is 19.1 Å². The first-order chi connectivity index (χ1) is 9.92. The number of carbonyl (C=O) groups is 2. The standard InChI is InChI=1S/C14H13NO6/c1-10(8-14(17)20-2)21-13(16)7-6-11-4-3-5-12(9-11)15(18)19/h3-9H,1-2H3/b7-6+,10-8+. The van der Waals surface area contributed by atoms with Gasteiger partial charge in [0, 0.05) is 18.2 Å².